The molecular formula is C12H13ClF3N3O3. The number of likely N-dealkylation sites (N-methyl/N-ethyl adjacent to an activating group) is 1. The molecular weight excluding hydrogens is 327 g/mol. The maximum absolute atomic E-state index is 11.9. The second kappa shape index (κ2) is 7.83. The van der Waals surface area contributed by atoms with Crippen molar-refractivity contribution in [3.05, 3.63) is 23.4 Å². The van der Waals surface area contributed by atoms with Crippen LogP contribution in [0.5, 0.6) is 0 Å². The van der Waals surface area contributed by atoms with E-state index in [0.717, 1.165) is 0 Å². The number of esters is 1. The van der Waals surface area contributed by atoms with Gasteiger partial charge in [-0.25, -0.2) is 4.98 Å². The van der Waals surface area contributed by atoms with E-state index in [0.29, 0.717) is 10.8 Å². The van der Waals surface area contributed by atoms with Crippen molar-refractivity contribution in [3.63, 3.8) is 0 Å². The van der Waals surface area contributed by atoms with Crippen LogP contribution in [-0.2, 0) is 14.3 Å². The molecule has 0 aliphatic rings. The molecule has 1 aromatic rings. The molecule has 0 saturated heterocycles. The number of pyridine rings is 1. The molecule has 0 aliphatic carbocycles. The number of alkyl halides is 3. The zero-order valence-corrected chi connectivity index (χ0v) is 12.2. The van der Waals surface area contributed by atoms with Gasteiger partial charge in [0.05, 0.1) is 5.02 Å². The topological polar surface area (TPSA) is 71.5 Å². The van der Waals surface area contributed by atoms with Gasteiger partial charge in [0, 0.05) is 13.2 Å². The molecule has 1 N–H and O–H groups in total. The van der Waals surface area contributed by atoms with Gasteiger partial charge >= 0.3 is 12.1 Å². The number of amides is 1. The largest absolute Gasteiger partial charge is 0.454 e. The number of rotatable bonds is 6. The van der Waals surface area contributed by atoms with Gasteiger partial charge in [0.15, 0.2) is 6.61 Å². The Morgan fingerprint density at radius 3 is 2.64 bits per heavy atom. The van der Waals surface area contributed by atoms with E-state index >= 15 is 0 Å². The van der Waals surface area contributed by atoms with Gasteiger partial charge in [-0.05, 0) is 12.1 Å². The quantitative estimate of drug-likeness (QED) is 0.793. The van der Waals surface area contributed by atoms with Crippen molar-refractivity contribution >= 4 is 29.3 Å². The third-order valence-corrected chi connectivity index (χ3v) is 2.54. The molecule has 0 aromatic carbocycles. The van der Waals surface area contributed by atoms with Crippen LogP contribution in [0.25, 0.3) is 0 Å². The van der Waals surface area contributed by atoms with Crippen LogP contribution in [0, 0.1) is 0 Å². The summed E-state index contributed by atoms with van der Waals surface area (Å²) in [5.41, 5.74) is 0. The summed E-state index contributed by atoms with van der Waals surface area (Å²) in [6, 6.07) is 3.15. The Bertz CT molecular complexity index is 523. The first-order chi connectivity index (χ1) is 10.2. The fourth-order valence-electron chi connectivity index (χ4n) is 1.31. The molecule has 1 aromatic heterocycles. The predicted octanol–water partition coefficient (Wildman–Crippen LogP) is 1.39. The zero-order chi connectivity index (χ0) is 16.8. The van der Waals surface area contributed by atoms with E-state index in [1.165, 1.54) is 11.1 Å². The van der Waals surface area contributed by atoms with Gasteiger partial charge in [0.2, 0.25) is 0 Å². The fraction of sp³-hybridized carbons (Fsp3) is 0.417. The number of nitrogens with zero attached hydrogens (tertiary/aromatic N) is 2. The Kier molecular flexibility index (Phi) is 6.41. The normalized spacial score (nSPS) is 11.0. The molecule has 22 heavy (non-hydrogen) atoms. The van der Waals surface area contributed by atoms with Crippen molar-refractivity contribution in [1.29, 1.82) is 0 Å². The highest BCUT2D eigenvalue weighted by molar-refractivity contribution is 6.30. The monoisotopic (exact) mass is 339 g/mol. The fourth-order valence-corrected chi connectivity index (χ4v) is 1.42. The maximum Gasteiger partial charge on any atom is 0.405 e. The third kappa shape index (κ3) is 7.11. The van der Waals surface area contributed by atoms with Crippen molar-refractivity contribution in [2.45, 2.75) is 6.18 Å². The highest BCUT2D eigenvalue weighted by Gasteiger charge is 2.27. The van der Waals surface area contributed by atoms with Crippen LogP contribution in [-0.4, -0.2) is 49.8 Å². The molecule has 0 spiro atoms. The first kappa shape index (κ1) is 18.0. The smallest absolute Gasteiger partial charge is 0.405 e. The van der Waals surface area contributed by atoms with Crippen molar-refractivity contribution in [3.8, 4) is 0 Å². The lowest BCUT2D eigenvalue weighted by Crippen LogP contribution is -2.37. The van der Waals surface area contributed by atoms with Crippen molar-refractivity contribution in [1.82, 2.24) is 10.3 Å². The molecule has 0 atom stereocenters. The van der Waals surface area contributed by atoms with Gasteiger partial charge in [0.1, 0.15) is 18.9 Å². The molecule has 0 unspecified atom stereocenters. The molecule has 122 valence electrons. The lowest BCUT2D eigenvalue weighted by atomic mass is 10.4. The van der Waals surface area contributed by atoms with Crippen LogP contribution in [0.1, 0.15) is 0 Å². The van der Waals surface area contributed by atoms with Crippen LogP contribution >= 0.6 is 11.6 Å². The number of carbonyl (C=O) groups is 2. The Hall–Kier alpha value is -2.03. The molecule has 0 radical (unpaired) electrons. The van der Waals surface area contributed by atoms with Gasteiger partial charge in [-0.15, -0.1) is 0 Å². The van der Waals surface area contributed by atoms with E-state index in [4.69, 9.17) is 11.6 Å². The molecule has 0 aliphatic heterocycles. The Morgan fingerprint density at radius 2 is 2.09 bits per heavy atom. The lowest BCUT2D eigenvalue weighted by Gasteiger charge is -2.17. The number of anilines is 1. The van der Waals surface area contributed by atoms with Crippen LogP contribution in [0.15, 0.2) is 18.3 Å². The van der Waals surface area contributed by atoms with Gasteiger partial charge in [-0.2, -0.15) is 13.2 Å². The molecule has 0 saturated carbocycles. The molecule has 1 heterocycles. The molecule has 1 rings (SSSR count). The zero-order valence-electron chi connectivity index (χ0n) is 11.5. The van der Waals surface area contributed by atoms with E-state index < -0.39 is 31.2 Å². The second-order valence-corrected chi connectivity index (χ2v) is 4.68. The number of carbonyl (C=O) groups excluding carboxylic acids is 2. The van der Waals surface area contributed by atoms with Crippen molar-refractivity contribution < 1.29 is 27.5 Å². The minimum Gasteiger partial charge on any atom is -0.454 e. The van der Waals surface area contributed by atoms with Crippen molar-refractivity contribution in [2.24, 2.45) is 0 Å². The Balaban J connectivity index is 2.34. The van der Waals surface area contributed by atoms with Gasteiger partial charge in [-0.1, -0.05) is 11.6 Å². The summed E-state index contributed by atoms with van der Waals surface area (Å²) in [6.45, 7) is -2.48. The predicted molar refractivity (Wildman–Crippen MR) is 72.5 cm³/mol. The third-order valence-electron chi connectivity index (χ3n) is 2.32. The first-order valence-corrected chi connectivity index (χ1v) is 6.37. The minimum absolute atomic E-state index is 0.221. The number of nitrogens with one attached hydrogen (secondary N) is 1. The lowest BCUT2D eigenvalue weighted by molar-refractivity contribution is -0.150. The van der Waals surface area contributed by atoms with Gasteiger partial charge in [-0.3, -0.25) is 9.59 Å². The van der Waals surface area contributed by atoms with E-state index in [2.05, 4.69) is 9.72 Å². The summed E-state index contributed by atoms with van der Waals surface area (Å²) >= 11 is 5.67. The molecule has 6 nitrogen and oxygen atoms in total. The minimum atomic E-state index is -4.51. The summed E-state index contributed by atoms with van der Waals surface area (Å²) in [5.74, 6) is -1.36. The standard InChI is InChI=1S/C12H13ClF3N3O3/c1-19(9-3-2-8(13)4-17-9)5-11(21)22-6-10(20)18-7-12(14,15)16/h2-4H,5-7H2,1H3,(H,18,20). The van der Waals surface area contributed by atoms with Crippen molar-refractivity contribution in [2.75, 3.05) is 31.6 Å². The van der Waals surface area contributed by atoms with Crippen LogP contribution in [0.3, 0.4) is 0 Å². The summed E-state index contributed by atoms with van der Waals surface area (Å²) in [4.78, 5) is 27.9. The second-order valence-electron chi connectivity index (χ2n) is 4.24. The highest BCUT2D eigenvalue weighted by atomic mass is 35.5. The number of halogens is 4. The summed E-state index contributed by atoms with van der Waals surface area (Å²) in [7, 11) is 1.56. The Morgan fingerprint density at radius 1 is 1.41 bits per heavy atom. The highest BCUT2D eigenvalue weighted by Crippen LogP contribution is 2.13. The van der Waals surface area contributed by atoms with Gasteiger partial charge < -0.3 is 15.0 Å². The van der Waals surface area contributed by atoms with Crippen LogP contribution in [0.2, 0.25) is 5.02 Å². The molecule has 0 bridgehead atoms. The molecule has 0 fully saturated rings. The Labute approximate surface area is 129 Å². The summed E-state index contributed by atoms with van der Waals surface area (Å²) < 4.78 is 40.1. The summed E-state index contributed by atoms with van der Waals surface area (Å²) in [6.07, 6.45) is -3.12. The first-order valence-electron chi connectivity index (χ1n) is 5.99. The van der Waals surface area contributed by atoms with E-state index in [-0.39, 0.29) is 6.54 Å². The number of hydrogen-bond acceptors (Lipinski definition) is 5. The van der Waals surface area contributed by atoms with Crippen LogP contribution < -0.4 is 10.2 Å². The summed E-state index contributed by atoms with van der Waals surface area (Å²) in [5, 5.41) is 2.02. The maximum atomic E-state index is 11.9. The number of aromatic nitrogens is 1. The molecule has 10 heteroatoms. The van der Waals surface area contributed by atoms with Crippen LogP contribution in [0.4, 0.5) is 19.0 Å². The average molecular weight is 340 g/mol. The van der Waals surface area contributed by atoms with E-state index in [1.54, 1.807) is 24.5 Å². The van der Waals surface area contributed by atoms with Gasteiger partial charge in [0.25, 0.3) is 5.91 Å². The van der Waals surface area contributed by atoms with E-state index in [1.807, 2.05) is 0 Å². The number of hydrogen-bond donors (Lipinski definition) is 1. The number of ether oxygens (including phenoxy) is 1. The van der Waals surface area contributed by atoms with E-state index in [9.17, 15) is 22.8 Å². The average Bonchev–Trinajstić information content (AvgIpc) is 2.42. The SMILES string of the molecule is CN(CC(=O)OCC(=O)NCC(F)(F)F)c1ccc(Cl)cn1. The molecule has 1 amide bonds.